The van der Waals surface area contributed by atoms with E-state index in [9.17, 15) is 0 Å². The molecule has 0 unspecified atom stereocenters. The standard InChI is InChI=1S/C11H16O4/c1-8-6-9(13-2)7-10(14-3)11(8)15-5-4-12/h6-7,12H,4-5H2,1-3H3. The molecule has 0 atom stereocenters. The molecule has 0 bridgehead atoms. The fraction of sp³-hybridized carbons (Fsp3) is 0.455. The zero-order valence-corrected chi connectivity index (χ0v) is 9.24. The fourth-order valence-corrected chi connectivity index (χ4v) is 1.31. The quantitative estimate of drug-likeness (QED) is 0.801. The Morgan fingerprint density at radius 2 is 1.93 bits per heavy atom. The summed E-state index contributed by atoms with van der Waals surface area (Å²) >= 11 is 0. The maximum atomic E-state index is 8.69. The SMILES string of the molecule is COc1cc(C)c(OCCO)c(OC)c1. The molecule has 0 aliphatic heterocycles. The summed E-state index contributed by atoms with van der Waals surface area (Å²) in [5, 5.41) is 8.69. The largest absolute Gasteiger partial charge is 0.497 e. The molecule has 0 aromatic heterocycles. The highest BCUT2D eigenvalue weighted by atomic mass is 16.5. The Morgan fingerprint density at radius 1 is 1.20 bits per heavy atom. The Labute approximate surface area is 89.4 Å². The minimum absolute atomic E-state index is 0.0192. The van der Waals surface area contributed by atoms with Gasteiger partial charge in [-0.1, -0.05) is 0 Å². The summed E-state index contributed by atoms with van der Waals surface area (Å²) in [6.45, 7) is 2.13. The Kier molecular flexibility index (Phi) is 4.24. The average Bonchev–Trinajstić information content (AvgIpc) is 2.26. The molecule has 0 spiro atoms. The van der Waals surface area contributed by atoms with E-state index in [4.69, 9.17) is 19.3 Å². The first-order chi connectivity index (χ1) is 7.22. The van der Waals surface area contributed by atoms with Crippen molar-refractivity contribution in [3.63, 3.8) is 0 Å². The first-order valence-electron chi connectivity index (χ1n) is 4.69. The molecule has 4 heteroatoms. The van der Waals surface area contributed by atoms with Gasteiger partial charge in [0.2, 0.25) is 0 Å². The van der Waals surface area contributed by atoms with Crippen molar-refractivity contribution in [2.75, 3.05) is 27.4 Å². The molecule has 0 heterocycles. The zero-order chi connectivity index (χ0) is 11.3. The van der Waals surface area contributed by atoms with Crippen LogP contribution in [0.25, 0.3) is 0 Å². The van der Waals surface area contributed by atoms with Gasteiger partial charge in [0, 0.05) is 6.07 Å². The Bertz CT molecular complexity index is 323. The predicted molar refractivity (Wildman–Crippen MR) is 56.9 cm³/mol. The Morgan fingerprint density at radius 3 is 2.47 bits per heavy atom. The highest BCUT2D eigenvalue weighted by molar-refractivity contribution is 5.51. The number of hydrogen-bond acceptors (Lipinski definition) is 4. The molecule has 0 radical (unpaired) electrons. The van der Waals surface area contributed by atoms with Crippen molar-refractivity contribution in [1.29, 1.82) is 0 Å². The van der Waals surface area contributed by atoms with Gasteiger partial charge in [0.25, 0.3) is 0 Å². The van der Waals surface area contributed by atoms with Crippen molar-refractivity contribution in [1.82, 2.24) is 0 Å². The van der Waals surface area contributed by atoms with Gasteiger partial charge in [0.15, 0.2) is 11.5 Å². The monoisotopic (exact) mass is 212 g/mol. The summed E-state index contributed by atoms with van der Waals surface area (Å²) in [6.07, 6.45) is 0. The predicted octanol–water partition coefficient (Wildman–Crippen LogP) is 1.38. The van der Waals surface area contributed by atoms with Crippen molar-refractivity contribution in [2.45, 2.75) is 6.92 Å². The van der Waals surface area contributed by atoms with Crippen molar-refractivity contribution in [3.8, 4) is 17.2 Å². The summed E-state index contributed by atoms with van der Waals surface area (Å²) < 4.78 is 15.7. The van der Waals surface area contributed by atoms with Gasteiger partial charge in [-0.15, -0.1) is 0 Å². The molecular weight excluding hydrogens is 196 g/mol. The van der Waals surface area contributed by atoms with Crippen LogP contribution in [0.1, 0.15) is 5.56 Å². The van der Waals surface area contributed by atoms with Crippen molar-refractivity contribution in [3.05, 3.63) is 17.7 Å². The minimum atomic E-state index is -0.0192. The van der Waals surface area contributed by atoms with E-state index in [2.05, 4.69) is 0 Å². The number of aliphatic hydroxyl groups is 1. The van der Waals surface area contributed by atoms with Gasteiger partial charge in [0.1, 0.15) is 12.4 Å². The van der Waals surface area contributed by atoms with Crippen LogP contribution >= 0.6 is 0 Å². The van der Waals surface area contributed by atoms with Crippen LogP contribution in [0.3, 0.4) is 0 Å². The third-order valence-electron chi connectivity index (χ3n) is 2.01. The van der Waals surface area contributed by atoms with Crippen LogP contribution in [0.4, 0.5) is 0 Å². The maximum Gasteiger partial charge on any atom is 0.164 e. The minimum Gasteiger partial charge on any atom is -0.497 e. The zero-order valence-electron chi connectivity index (χ0n) is 9.24. The Hall–Kier alpha value is -1.42. The molecule has 0 saturated carbocycles. The van der Waals surface area contributed by atoms with Gasteiger partial charge in [0.05, 0.1) is 20.8 Å². The second kappa shape index (κ2) is 5.46. The lowest BCUT2D eigenvalue weighted by Gasteiger charge is -2.13. The Balaban J connectivity index is 3.01. The van der Waals surface area contributed by atoms with Gasteiger partial charge < -0.3 is 19.3 Å². The van der Waals surface area contributed by atoms with E-state index in [0.29, 0.717) is 11.5 Å². The maximum absolute atomic E-state index is 8.69. The molecule has 1 rings (SSSR count). The molecule has 0 saturated heterocycles. The molecule has 4 nitrogen and oxygen atoms in total. The first-order valence-corrected chi connectivity index (χ1v) is 4.69. The van der Waals surface area contributed by atoms with E-state index in [1.807, 2.05) is 13.0 Å². The summed E-state index contributed by atoms with van der Waals surface area (Å²) in [7, 11) is 3.17. The third kappa shape index (κ3) is 2.76. The number of aliphatic hydroxyl groups excluding tert-OH is 1. The van der Waals surface area contributed by atoms with Crippen LogP contribution in [0, 0.1) is 6.92 Å². The van der Waals surface area contributed by atoms with E-state index in [0.717, 1.165) is 11.3 Å². The van der Waals surface area contributed by atoms with E-state index in [1.165, 1.54) is 0 Å². The van der Waals surface area contributed by atoms with E-state index in [-0.39, 0.29) is 13.2 Å². The molecule has 0 amide bonds. The lowest BCUT2D eigenvalue weighted by atomic mass is 10.2. The van der Waals surface area contributed by atoms with E-state index < -0.39 is 0 Å². The van der Waals surface area contributed by atoms with Crippen molar-refractivity contribution < 1.29 is 19.3 Å². The smallest absolute Gasteiger partial charge is 0.164 e. The van der Waals surface area contributed by atoms with Gasteiger partial charge in [-0.3, -0.25) is 0 Å². The van der Waals surface area contributed by atoms with Crippen molar-refractivity contribution >= 4 is 0 Å². The molecule has 1 aromatic rings. The topological polar surface area (TPSA) is 47.9 Å². The van der Waals surface area contributed by atoms with E-state index in [1.54, 1.807) is 20.3 Å². The van der Waals surface area contributed by atoms with Crippen LogP contribution < -0.4 is 14.2 Å². The molecule has 1 aromatic carbocycles. The van der Waals surface area contributed by atoms with E-state index >= 15 is 0 Å². The fourth-order valence-electron chi connectivity index (χ4n) is 1.31. The molecule has 1 N–H and O–H groups in total. The number of benzene rings is 1. The summed E-state index contributed by atoms with van der Waals surface area (Å²) in [5.41, 5.74) is 0.916. The van der Waals surface area contributed by atoms with Crippen LogP contribution in [0.2, 0.25) is 0 Å². The average molecular weight is 212 g/mol. The van der Waals surface area contributed by atoms with Crippen LogP contribution in [-0.2, 0) is 0 Å². The van der Waals surface area contributed by atoms with Gasteiger partial charge in [-0.2, -0.15) is 0 Å². The first kappa shape index (κ1) is 11.7. The highest BCUT2D eigenvalue weighted by Gasteiger charge is 2.10. The molecule has 15 heavy (non-hydrogen) atoms. The number of hydrogen-bond donors (Lipinski definition) is 1. The molecule has 0 aliphatic rings. The molecule has 84 valence electrons. The van der Waals surface area contributed by atoms with Crippen LogP contribution in [0.15, 0.2) is 12.1 Å². The van der Waals surface area contributed by atoms with Gasteiger partial charge >= 0.3 is 0 Å². The number of methoxy groups -OCH3 is 2. The summed E-state index contributed by atoms with van der Waals surface area (Å²) in [6, 6.07) is 3.61. The summed E-state index contributed by atoms with van der Waals surface area (Å²) in [4.78, 5) is 0. The number of aryl methyl sites for hydroxylation is 1. The molecule has 0 fully saturated rings. The second-order valence-corrected chi connectivity index (χ2v) is 3.05. The summed E-state index contributed by atoms with van der Waals surface area (Å²) in [5.74, 6) is 1.98. The third-order valence-corrected chi connectivity index (χ3v) is 2.01. The van der Waals surface area contributed by atoms with Gasteiger partial charge in [-0.05, 0) is 18.6 Å². The normalized spacial score (nSPS) is 9.87. The van der Waals surface area contributed by atoms with Crippen molar-refractivity contribution in [2.24, 2.45) is 0 Å². The van der Waals surface area contributed by atoms with Crippen LogP contribution in [-0.4, -0.2) is 32.5 Å². The molecule has 0 aliphatic carbocycles. The molecular formula is C11H16O4. The van der Waals surface area contributed by atoms with Crippen LogP contribution in [0.5, 0.6) is 17.2 Å². The number of rotatable bonds is 5. The lowest BCUT2D eigenvalue weighted by Crippen LogP contribution is -2.04. The lowest BCUT2D eigenvalue weighted by molar-refractivity contribution is 0.195. The second-order valence-electron chi connectivity index (χ2n) is 3.05. The highest BCUT2D eigenvalue weighted by Crippen LogP contribution is 2.35. The number of ether oxygens (including phenoxy) is 3. The van der Waals surface area contributed by atoms with Gasteiger partial charge in [-0.25, -0.2) is 0 Å².